The van der Waals surface area contributed by atoms with Crippen LogP contribution in [0.3, 0.4) is 0 Å². The van der Waals surface area contributed by atoms with Gasteiger partial charge in [-0.15, -0.1) is 0 Å². The number of hydrogen-bond acceptors (Lipinski definition) is 3. The maximum atomic E-state index is 11.3. The average Bonchev–Trinajstić information content (AvgIpc) is 2.33. The number of amides is 1. The van der Waals surface area contributed by atoms with Gasteiger partial charge in [-0.1, -0.05) is 23.7 Å². The minimum Gasteiger partial charge on any atom is -0.330 e. The summed E-state index contributed by atoms with van der Waals surface area (Å²) in [5.74, 6) is -0.128. The van der Waals surface area contributed by atoms with Gasteiger partial charge in [0.25, 0.3) is 0 Å². The number of carbonyl (C=O) groups excluding carboxylic acids is 1. The highest BCUT2D eigenvalue weighted by atomic mass is 35.5. The van der Waals surface area contributed by atoms with Crippen molar-refractivity contribution in [3.63, 3.8) is 0 Å². The molecule has 5 heteroatoms. The van der Waals surface area contributed by atoms with E-state index in [0.29, 0.717) is 30.1 Å². The monoisotopic (exact) mass is 253 g/mol. The molecule has 0 bridgehead atoms. The van der Waals surface area contributed by atoms with Gasteiger partial charge in [-0.05, 0) is 37.6 Å². The van der Waals surface area contributed by atoms with Crippen LogP contribution in [0.5, 0.6) is 0 Å². The Balaban J connectivity index is 2.57. The van der Waals surface area contributed by atoms with Crippen LogP contribution in [0.15, 0.2) is 29.4 Å². The summed E-state index contributed by atoms with van der Waals surface area (Å²) in [5.41, 5.74) is 9.40. The van der Waals surface area contributed by atoms with Crippen molar-refractivity contribution in [3.8, 4) is 0 Å². The molecule has 1 amide bonds. The molecule has 0 spiro atoms. The number of nitrogens with two attached hydrogens (primary N) is 1. The fourth-order valence-electron chi connectivity index (χ4n) is 1.24. The summed E-state index contributed by atoms with van der Waals surface area (Å²) in [5, 5.41) is 4.65. The molecular weight excluding hydrogens is 238 g/mol. The Hall–Kier alpha value is -1.39. The second kappa shape index (κ2) is 7.04. The fraction of sp³-hybridized carbons (Fsp3) is 0.333. The van der Waals surface area contributed by atoms with Crippen LogP contribution < -0.4 is 11.2 Å². The third-order valence-electron chi connectivity index (χ3n) is 2.20. The molecule has 0 aliphatic carbocycles. The molecular formula is C12H16ClN3O. The van der Waals surface area contributed by atoms with Gasteiger partial charge in [0.2, 0.25) is 5.91 Å². The topological polar surface area (TPSA) is 67.5 Å². The predicted molar refractivity (Wildman–Crippen MR) is 70.1 cm³/mol. The highest BCUT2D eigenvalue weighted by Gasteiger charge is 2.01. The molecule has 0 heterocycles. The summed E-state index contributed by atoms with van der Waals surface area (Å²) in [7, 11) is 0. The molecule has 17 heavy (non-hydrogen) atoms. The summed E-state index contributed by atoms with van der Waals surface area (Å²) < 4.78 is 0. The molecule has 92 valence electrons. The first-order chi connectivity index (χ1) is 8.13. The summed E-state index contributed by atoms with van der Waals surface area (Å²) in [6.45, 7) is 2.32. The predicted octanol–water partition coefficient (Wildman–Crippen LogP) is 1.92. The molecule has 1 aromatic rings. The van der Waals surface area contributed by atoms with Crippen molar-refractivity contribution in [2.45, 2.75) is 19.8 Å². The zero-order valence-corrected chi connectivity index (χ0v) is 10.5. The van der Waals surface area contributed by atoms with Crippen LogP contribution >= 0.6 is 11.6 Å². The van der Waals surface area contributed by atoms with Crippen molar-refractivity contribution < 1.29 is 4.79 Å². The lowest BCUT2D eigenvalue weighted by atomic mass is 10.1. The first kappa shape index (κ1) is 13.7. The van der Waals surface area contributed by atoms with Gasteiger partial charge in [-0.3, -0.25) is 4.79 Å². The highest BCUT2D eigenvalue weighted by molar-refractivity contribution is 6.31. The van der Waals surface area contributed by atoms with E-state index in [0.717, 1.165) is 5.56 Å². The summed E-state index contributed by atoms with van der Waals surface area (Å²) >= 11 is 5.86. The van der Waals surface area contributed by atoms with Crippen molar-refractivity contribution in [2.75, 3.05) is 6.54 Å². The minimum atomic E-state index is -0.128. The molecule has 0 atom stereocenters. The van der Waals surface area contributed by atoms with Gasteiger partial charge in [0, 0.05) is 11.4 Å². The molecule has 0 unspecified atom stereocenters. The van der Waals surface area contributed by atoms with Gasteiger partial charge < -0.3 is 5.73 Å². The second-order valence-corrected chi connectivity index (χ2v) is 4.07. The van der Waals surface area contributed by atoms with Crippen molar-refractivity contribution in [3.05, 3.63) is 34.9 Å². The molecule has 0 saturated carbocycles. The van der Waals surface area contributed by atoms with E-state index >= 15 is 0 Å². The minimum absolute atomic E-state index is 0.128. The molecule has 0 fully saturated rings. The molecule has 0 aliphatic heterocycles. The first-order valence-electron chi connectivity index (χ1n) is 5.42. The first-order valence-corrected chi connectivity index (χ1v) is 5.80. The maximum Gasteiger partial charge on any atom is 0.240 e. The van der Waals surface area contributed by atoms with Crippen LogP contribution in [0.4, 0.5) is 0 Å². The molecule has 0 aromatic heterocycles. The molecule has 1 rings (SSSR count). The highest BCUT2D eigenvalue weighted by Crippen LogP contribution is 2.11. The zero-order valence-electron chi connectivity index (χ0n) is 9.74. The lowest BCUT2D eigenvalue weighted by Crippen LogP contribution is -2.19. The Morgan fingerprint density at radius 1 is 1.53 bits per heavy atom. The number of halogens is 1. The third-order valence-corrected chi connectivity index (χ3v) is 2.43. The zero-order chi connectivity index (χ0) is 12.7. The largest absolute Gasteiger partial charge is 0.330 e. The normalized spacial score (nSPS) is 11.4. The molecule has 0 saturated heterocycles. The summed E-state index contributed by atoms with van der Waals surface area (Å²) in [6.07, 6.45) is 1.06. The van der Waals surface area contributed by atoms with Crippen molar-refractivity contribution >= 4 is 23.2 Å². The number of nitrogens with zero attached hydrogens (tertiary/aromatic N) is 1. The number of carbonyl (C=O) groups is 1. The molecule has 4 nitrogen and oxygen atoms in total. The van der Waals surface area contributed by atoms with Crippen LogP contribution in [-0.4, -0.2) is 18.2 Å². The Labute approximate surface area is 106 Å². The van der Waals surface area contributed by atoms with Gasteiger partial charge in [-0.2, -0.15) is 5.10 Å². The average molecular weight is 254 g/mol. The van der Waals surface area contributed by atoms with Crippen molar-refractivity contribution in [2.24, 2.45) is 10.8 Å². The lowest BCUT2D eigenvalue weighted by molar-refractivity contribution is -0.121. The van der Waals surface area contributed by atoms with Crippen molar-refractivity contribution in [1.29, 1.82) is 0 Å². The van der Waals surface area contributed by atoms with Crippen LogP contribution in [0.25, 0.3) is 0 Å². The van der Waals surface area contributed by atoms with E-state index < -0.39 is 0 Å². The number of hydrazone groups is 1. The van der Waals surface area contributed by atoms with Gasteiger partial charge >= 0.3 is 0 Å². The molecule has 0 aliphatic rings. The third kappa shape index (κ3) is 4.97. The van der Waals surface area contributed by atoms with Crippen LogP contribution in [0, 0.1) is 0 Å². The van der Waals surface area contributed by atoms with E-state index in [2.05, 4.69) is 10.5 Å². The number of rotatable bonds is 5. The van der Waals surface area contributed by atoms with Crippen LogP contribution in [-0.2, 0) is 4.79 Å². The standard InChI is InChI=1S/C12H16ClN3O/c1-9(10-4-2-5-11(13)8-10)15-16-12(17)6-3-7-14/h2,4-5,8H,3,6-7,14H2,1H3,(H,16,17)/b15-9-. The van der Waals surface area contributed by atoms with E-state index in [1.807, 2.05) is 19.1 Å². The number of nitrogens with one attached hydrogen (secondary N) is 1. The smallest absolute Gasteiger partial charge is 0.240 e. The molecule has 3 N–H and O–H groups in total. The number of hydrogen-bond donors (Lipinski definition) is 2. The van der Waals surface area contributed by atoms with E-state index in [9.17, 15) is 4.79 Å². The Morgan fingerprint density at radius 3 is 2.94 bits per heavy atom. The van der Waals surface area contributed by atoms with Gasteiger partial charge in [-0.25, -0.2) is 5.43 Å². The Bertz CT molecular complexity index is 418. The Morgan fingerprint density at radius 2 is 2.29 bits per heavy atom. The quantitative estimate of drug-likeness (QED) is 0.622. The van der Waals surface area contributed by atoms with E-state index in [-0.39, 0.29) is 5.91 Å². The van der Waals surface area contributed by atoms with E-state index in [4.69, 9.17) is 17.3 Å². The molecule has 0 radical (unpaired) electrons. The second-order valence-electron chi connectivity index (χ2n) is 3.63. The van der Waals surface area contributed by atoms with E-state index in [1.54, 1.807) is 12.1 Å². The van der Waals surface area contributed by atoms with Gasteiger partial charge in [0.05, 0.1) is 5.71 Å². The van der Waals surface area contributed by atoms with E-state index in [1.165, 1.54) is 0 Å². The van der Waals surface area contributed by atoms with Crippen LogP contribution in [0.1, 0.15) is 25.3 Å². The SMILES string of the molecule is C/C(=N/NC(=O)CCCN)c1cccc(Cl)c1. The summed E-state index contributed by atoms with van der Waals surface area (Å²) in [6, 6.07) is 7.31. The van der Waals surface area contributed by atoms with Crippen LogP contribution in [0.2, 0.25) is 5.02 Å². The maximum absolute atomic E-state index is 11.3. The van der Waals surface area contributed by atoms with Gasteiger partial charge in [0.15, 0.2) is 0 Å². The Kier molecular flexibility index (Phi) is 5.66. The fourth-order valence-corrected chi connectivity index (χ4v) is 1.43. The lowest BCUT2D eigenvalue weighted by Gasteiger charge is -2.03. The van der Waals surface area contributed by atoms with Gasteiger partial charge in [0.1, 0.15) is 0 Å². The van der Waals surface area contributed by atoms with Crippen molar-refractivity contribution in [1.82, 2.24) is 5.43 Å². The summed E-state index contributed by atoms with van der Waals surface area (Å²) in [4.78, 5) is 11.3. The number of benzene rings is 1. The molecule has 1 aromatic carbocycles.